The van der Waals surface area contributed by atoms with Crippen LogP contribution in [0.5, 0.6) is 0 Å². The molecule has 0 bridgehead atoms. The van der Waals surface area contributed by atoms with Gasteiger partial charge in [0, 0.05) is 35.8 Å². The van der Waals surface area contributed by atoms with Gasteiger partial charge < -0.3 is 14.2 Å². The molecule has 0 spiro atoms. The van der Waals surface area contributed by atoms with Gasteiger partial charge in [-0.1, -0.05) is 35.5 Å². The average Bonchev–Trinajstić information content (AvgIpc) is 3.03. The van der Waals surface area contributed by atoms with Crippen LogP contribution < -0.4 is 0 Å². The summed E-state index contributed by atoms with van der Waals surface area (Å²) in [6.07, 6.45) is 0.897. The molecule has 2 aliphatic heterocycles. The van der Waals surface area contributed by atoms with E-state index in [0.29, 0.717) is 22.3 Å². The Labute approximate surface area is 145 Å². The van der Waals surface area contributed by atoms with Gasteiger partial charge in [-0.2, -0.15) is 11.8 Å². The number of aromatic nitrogens is 1. The zero-order chi connectivity index (χ0) is 16.5. The van der Waals surface area contributed by atoms with Gasteiger partial charge in [0.1, 0.15) is 17.0 Å². The molecular weight excluding hydrogens is 324 g/mol. The number of thioether (sulfide) groups is 1. The highest BCUT2D eigenvalue weighted by molar-refractivity contribution is 8.00. The van der Waals surface area contributed by atoms with E-state index in [9.17, 15) is 4.79 Å². The molecule has 1 aromatic heterocycles. The van der Waals surface area contributed by atoms with Gasteiger partial charge in [0.05, 0.1) is 6.61 Å². The highest BCUT2D eigenvalue weighted by atomic mass is 32.2. The normalized spacial score (nSPS) is 23.8. The fourth-order valence-corrected chi connectivity index (χ4v) is 4.80. The Morgan fingerprint density at radius 2 is 2.17 bits per heavy atom. The van der Waals surface area contributed by atoms with E-state index in [1.807, 2.05) is 53.9 Å². The number of aryl methyl sites for hydroxylation is 1. The van der Waals surface area contributed by atoms with Crippen molar-refractivity contribution in [3.63, 3.8) is 0 Å². The van der Waals surface area contributed by atoms with E-state index in [4.69, 9.17) is 9.26 Å². The van der Waals surface area contributed by atoms with E-state index in [1.54, 1.807) is 0 Å². The lowest BCUT2D eigenvalue weighted by atomic mass is 10.0. The molecule has 2 aliphatic rings. The number of hydrogen-bond donors (Lipinski definition) is 0. The topological polar surface area (TPSA) is 55.6 Å². The molecule has 2 aromatic rings. The standard InChI is InChI=1S/C18H20N2O3S/c1-12-16(17(19-23-12)13-5-3-2-4-6-13)18(21)20-8-10-24-15-11-22-9-7-14(15)20/h2-6,14-15H,7-11H2,1H3/t14-,15-/m1/s1. The molecule has 0 saturated carbocycles. The Morgan fingerprint density at radius 3 is 3.00 bits per heavy atom. The maximum Gasteiger partial charge on any atom is 0.260 e. The fourth-order valence-electron chi connectivity index (χ4n) is 3.50. The van der Waals surface area contributed by atoms with Crippen LogP contribution in [0, 0.1) is 6.92 Å². The third kappa shape index (κ3) is 2.74. The molecule has 0 aliphatic carbocycles. The van der Waals surface area contributed by atoms with E-state index in [2.05, 4.69) is 5.16 Å². The lowest BCUT2D eigenvalue weighted by molar-refractivity contribution is 0.0318. The van der Waals surface area contributed by atoms with Crippen molar-refractivity contribution in [3.05, 3.63) is 41.7 Å². The number of carbonyl (C=O) groups excluding carboxylic acids is 1. The van der Waals surface area contributed by atoms with Crippen LogP contribution in [0.3, 0.4) is 0 Å². The Kier molecular flexibility index (Phi) is 4.33. The molecule has 1 amide bonds. The first-order valence-corrected chi connectivity index (χ1v) is 9.32. The van der Waals surface area contributed by atoms with E-state index in [1.165, 1.54) is 0 Å². The summed E-state index contributed by atoms with van der Waals surface area (Å²) in [7, 11) is 0. The summed E-state index contributed by atoms with van der Waals surface area (Å²) < 4.78 is 11.0. The summed E-state index contributed by atoms with van der Waals surface area (Å²) in [6, 6.07) is 9.99. The van der Waals surface area contributed by atoms with E-state index >= 15 is 0 Å². The number of benzene rings is 1. The lowest BCUT2D eigenvalue weighted by Gasteiger charge is -2.43. The monoisotopic (exact) mass is 344 g/mol. The van der Waals surface area contributed by atoms with E-state index in [0.717, 1.165) is 37.5 Å². The zero-order valence-electron chi connectivity index (χ0n) is 13.6. The third-order valence-electron chi connectivity index (χ3n) is 4.72. The van der Waals surface area contributed by atoms with E-state index in [-0.39, 0.29) is 11.9 Å². The predicted octanol–water partition coefficient (Wildman–Crippen LogP) is 3.00. The molecule has 1 aromatic carbocycles. The second kappa shape index (κ2) is 6.61. The van der Waals surface area contributed by atoms with E-state index < -0.39 is 0 Å². The highest BCUT2D eigenvalue weighted by Crippen LogP contribution is 2.33. The van der Waals surface area contributed by atoms with Crippen LogP contribution in [0.1, 0.15) is 22.5 Å². The van der Waals surface area contributed by atoms with Crippen LogP contribution in [0.4, 0.5) is 0 Å². The number of hydrogen-bond acceptors (Lipinski definition) is 5. The second-order valence-electron chi connectivity index (χ2n) is 6.17. The summed E-state index contributed by atoms with van der Waals surface area (Å²) in [5, 5.41) is 4.53. The summed E-state index contributed by atoms with van der Waals surface area (Å²) in [4.78, 5) is 15.3. The van der Waals surface area contributed by atoms with Gasteiger partial charge in [-0.3, -0.25) is 4.79 Å². The minimum atomic E-state index is 0.0322. The molecule has 126 valence electrons. The molecule has 6 heteroatoms. The Bertz CT molecular complexity index is 729. The van der Waals surface area contributed by atoms with Crippen LogP contribution in [-0.2, 0) is 4.74 Å². The molecule has 2 fully saturated rings. The molecule has 2 saturated heterocycles. The Morgan fingerprint density at radius 1 is 1.33 bits per heavy atom. The second-order valence-corrected chi connectivity index (χ2v) is 7.51. The summed E-state index contributed by atoms with van der Waals surface area (Å²) in [5.74, 6) is 1.56. The molecule has 24 heavy (non-hydrogen) atoms. The lowest BCUT2D eigenvalue weighted by Crippen LogP contribution is -2.54. The predicted molar refractivity (Wildman–Crippen MR) is 93.2 cm³/mol. The van der Waals surface area contributed by atoms with Gasteiger partial charge in [0.2, 0.25) is 0 Å². The first-order chi connectivity index (χ1) is 11.8. The molecule has 3 heterocycles. The number of rotatable bonds is 2. The first kappa shape index (κ1) is 15.7. The minimum Gasteiger partial charge on any atom is -0.380 e. The Balaban J connectivity index is 1.68. The van der Waals surface area contributed by atoms with Gasteiger partial charge >= 0.3 is 0 Å². The molecule has 0 radical (unpaired) electrons. The summed E-state index contributed by atoms with van der Waals surface area (Å²) in [5.41, 5.74) is 2.14. The smallest absolute Gasteiger partial charge is 0.260 e. The van der Waals surface area contributed by atoms with Gasteiger partial charge in [-0.05, 0) is 13.3 Å². The number of ether oxygens (including phenoxy) is 1. The van der Waals surface area contributed by atoms with Gasteiger partial charge in [-0.15, -0.1) is 0 Å². The molecule has 0 unspecified atom stereocenters. The van der Waals surface area contributed by atoms with Crippen molar-refractivity contribution in [2.75, 3.05) is 25.5 Å². The van der Waals surface area contributed by atoms with Crippen molar-refractivity contribution in [1.29, 1.82) is 0 Å². The van der Waals surface area contributed by atoms with Crippen LogP contribution in [-0.4, -0.2) is 52.8 Å². The van der Waals surface area contributed by atoms with Gasteiger partial charge in [-0.25, -0.2) is 0 Å². The van der Waals surface area contributed by atoms with Crippen molar-refractivity contribution in [2.24, 2.45) is 0 Å². The molecule has 2 atom stereocenters. The third-order valence-corrected chi connectivity index (χ3v) is 6.02. The zero-order valence-corrected chi connectivity index (χ0v) is 14.4. The van der Waals surface area contributed by atoms with Gasteiger partial charge in [0.15, 0.2) is 0 Å². The number of carbonyl (C=O) groups is 1. The highest BCUT2D eigenvalue weighted by Gasteiger charge is 2.39. The fraction of sp³-hybridized carbons (Fsp3) is 0.444. The van der Waals surface area contributed by atoms with Crippen LogP contribution in [0.15, 0.2) is 34.9 Å². The SMILES string of the molecule is Cc1onc(-c2ccccc2)c1C(=O)N1CCS[C@@H]2COCC[C@H]21. The minimum absolute atomic E-state index is 0.0322. The summed E-state index contributed by atoms with van der Waals surface area (Å²) in [6.45, 7) is 4.03. The maximum atomic E-state index is 13.3. The van der Waals surface area contributed by atoms with Crippen LogP contribution in [0.25, 0.3) is 11.3 Å². The van der Waals surface area contributed by atoms with Crippen molar-refractivity contribution < 1.29 is 14.1 Å². The van der Waals surface area contributed by atoms with Crippen LogP contribution in [0.2, 0.25) is 0 Å². The van der Waals surface area contributed by atoms with Crippen molar-refractivity contribution in [2.45, 2.75) is 24.6 Å². The molecule has 4 rings (SSSR count). The van der Waals surface area contributed by atoms with Crippen molar-refractivity contribution in [1.82, 2.24) is 10.1 Å². The molecular formula is C18H20N2O3S. The van der Waals surface area contributed by atoms with Crippen molar-refractivity contribution in [3.8, 4) is 11.3 Å². The average molecular weight is 344 g/mol. The number of fused-ring (bicyclic) bond motifs is 1. The van der Waals surface area contributed by atoms with Gasteiger partial charge in [0.25, 0.3) is 5.91 Å². The number of nitrogens with zero attached hydrogens (tertiary/aromatic N) is 2. The quantitative estimate of drug-likeness (QED) is 0.838. The maximum absolute atomic E-state index is 13.3. The number of amides is 1. The largest absolute Gasteiger partial charge is 0.380 e. The Hall–Kier alpha value is -1.79. The summed E-state index contributed by atoms with van der Waals surface area (Å²) >= 11 is 1.91. The van der Waals surface area contributed by atoms with Crippen LogP contribution >= 0.6 is 11.8 Å². The van der Waals surface area contributed by atoms with Crippen molar-refractivity contribution >= 4 is 17.7 Å². The first-order valence-electron chi connectivity index (χ1n) is 8.27. The molecule has 0 N–H and O–H groups in total. The molecule has 5 nitrogen and oxygen atoms in total.